The van der Waals surface area contributed by atoms with Crippen LogP contribution in [0.4, 0.5) is 0 Å². The third kappa shape index (κ3) is 3.03. The molecule has 112 valence electrons. The van der Waals surface area contributed by atoms with Crippen LogP contribution in [0.2, 0.25) is 0 Å². The van der Waals surface area contributed by atoms with Gasteiger partial charge in [-0.2, -0.15) is 5.10 Å². The SMILES string of the molecule is CCC(C)n1ccc(CC2(N)CCc3ccccc3C2)n1. The van der Waals surface area contributed by atoms with Gasteiger partial charge in [0.05, 0.1) is 5.69 Å². The van der Waals surface area contributed by atoms with Gasteiger partial charge in [-0.05, 0) is 49.8 Å². The number of nitrogens with zero attached hydrogens (tertiary/aromatic N) is 2. The lowest BCUT2D eigenvalue weighted by molar-refractivity contribution is 0.362. The Bertz CT molecular complexity index is 616. The predicted octanol–water partition coefficient (Wildman–Crippen LogP) is 3.28. The molecule has 2 atom stereocenters. The van der Waals surface area contributed by atoms with E-state index in [9.17, 15) is 0 Å². The molecule has 1 aromatic heterocycles. The molecule has 3 nitrogen and oxygen atoms in total. The average Bonchev–Trinajstić information content (AvgIpc) is 2.94. The van der Waals surface area contributed by atoms with Crippen molar-refractivity contribution in [2.75, 3.05) is 0 Å². The van der Waals surface area contributed by atoms with Gasteiger partial charge in [0.15, 0.2) is 0 Å². The molecule has 0 aliphatic heterocycles. The van der Waals surface area contributed by atoms with E-state index in [1.165, 1.54) is 11.1 Å². The molecule has 21 heavy (non-hydrogen) atoms. The molecule has 0 saturated carbocycles. The van der Waals surface area contributed by atoms with E-state index >= 15 is 0 Å². The van der Waals surface area contributed by atoms with Crippen LogP contribution in [0.5, 0.6) is 0 Å². The molecule has 0 amide bonds. The van der Waals surface area contributed by atoms with Gasteiger partial charge in [-0.1, -0.05) is 31.2 Å². The Morgan fingerprint density at radius 2 is 2.05 bits per heavy atom. The van der Waals surface area contributed by atoms with E-state index in [1.54, 1.807) is 0 Å². The summed E-state index contributed by atoms with van der Waals surface area (Å²) in [5.74, 6) is 0. The Balaban J connectivity index is 1.74. The van der Waals surface area contributed by atoms with Crippen LogP contribution in [0.25, 0.3) is 0 Å². The number of aromatic nitrogens is 2. The number of hydrogen-bond acceptors (Lipinski definition) is 2. The number of rotatable bonds is 4. The minimum Gasteiger partial charge on any atom is -0.324 e. The fourth-order valence-corrected chi connectivity index (χ4v) is 3.24. The smallest absolute Gasteiger partial charge is 0.0643 e. The Kier molecular flexibility index (Phi) is 3.85. The van der Waals surface area contributed by atoms with Gasteiger partial charge in [0.25, 0.3) is 0 Å². The van der Waals surface area contributed by atoms with E-state index in [2.05, 4.69) is 55.1 Å². The van der Waals surface area contributed by atoms with Crippen molar-refractivity contribution in [1.82, 2.24) is 9.78 Å². The highest BCUT2D eigenvalue weighted by molar-refractivity contribution is 5.32. The first-order chi connectivity index (χ1) is 10.1. The molecule has 2 aromatic rings. The van der Waals surface area contributed by atoms with Crippen molar-refractivity contribution < 1.29 is 0 Å². The highest BCUT2D eigenvalue weighted by Crippen LogP contribution is 2.29. The first-order valence-electron chi connectivity index (χ1n) is 7.99. The average molecular weight is 283 g/mol. The van der Waals surface area contributed by atoms with Crippen molar-refractivity contribution in [3.63, 3.8) is 0 Å². The summed E-state index contributed by atoms with van der Waals surface area (Å²) in [4.78, 5) is 0. The van der Waals surface area contributed by atoms with Crippen LogP contribution in [0.15, 0.2) is 36.5 Å². The van der Waals surface area contributed by atoms with Gasteiger partial charge in [0.2, 0.25) is 0 Å². The fourth-order valence-electron chi connectivity index (χ4n) is 3.24. The van der Waals surface area contributed by atoms with Gasteiger partial charge < -0.3 is 5.73 Å². The first-order valence-corrected chi connectivity index (χ1v) is 7.99. The lowest BCUT2D eigenvalue weighted by Gasteiger charge is -2.34. The van der Waals surface area contributed by atoms with E-state index in [1.807, 2.05) is 0 Å². The molecule has 2 N–H and O–H groups in total. The maximum Gasteiger partial charge on any atom is 0.0643 e. The van der Waals surface area contributed by atoms with Crippen LogP contribution in [0, 0.1) is 0 Å². The second kappa shape index (κ2) is 5.64. The Morgan fingerprint density at radius 1 is 1.29 bits per heavy atom. The Labute approximate surface area is 127 Å². The predicted molar refractivity (Wildman–Crippen MR) is 86.3 cm³/mol. The molecule has 0 fully saturated rings. The molecule has 1 aliphatic rings. The lowest BCUT2D eigenvalue weighted by atomic mass is 9.76. The van der Waals surface area contributed by atoms with E-state index in [-0.39, 0.29) is 5.54 Å². The topological polar surface area (TPSA) is 43.8 Å². The summed E-state index contributed by atoms with van der Waals surface area (Å²) in [7, 11) is 0. The molecule has 0 bridgehead atoms. The van der Waals surface area contributed by atoms with E-state index in [4.69, 9.17) is 10.8 Å². The van der Waals surface area contributed by atoms with Crippen LogP contribution in [-0.4, -0.2) is 15.3 Å². The Morgan fingerprint density at radius 3 is 2.81 bits per heavy atom. The molecular formula is C18H25N3. The van der Waals surface area contributed by atoms with E-state index in [0.29, 0.717) is 6.04 Å². The second-order valence-corrected chi connectivity index (χ2v) is 6.53. The molecule has 3 rings (SSSR count). The van der Waals surface area contributed by atoms with Gasteiger partial charge in [-0.15, -0.1) is 0 Å². The Hall–Kier alpha value is -1.61. The highest BCUT2D eigenvalue weighted by atomic mass is 15.3. The van der Waals surface area contributed by atoms with Crippen molar-refractivity contribution in [3.05, 3.63) is 53.3 Å². The molecule has 0 spiro atoms. The third-order valence-corrected chi connectivity index (χ3v) is 4.79. The molecule has 0 saturated heterocycles. The summed E-state index contributed by atoms with van der Waals surface area (Å²) in [6.45, 7) is 4.39. The minimum absolute atomic E-state index is 0.150. The number of fused-ring (bicyclic) bond motifs is 1. The second-order valence-electron chi connectivity index (χ2n) is 6.53. The molecule has 2 unspecified atom stereocenters. The summed E-state index contributed by atoms with van der Waals surface area (Å²) in [6.07, 6.45) is 7.13. The molecule has 1 aromatic carbocycles. The molecular weight excluding hydrogens is 258 g/mol. The zero-order valence-electron chi connectivity index (χ0n) is 13.0. The summed E-state index contributed by atoms with van der Waals surface area (Å²) in [6, 6.07) is 11.3. The van der Waals surface area contributed by atoms with Crippen molar-refractivity contribution in [3.8, 4) is 0 Å². The lowest BCUT2D eigenvalue weighted by Crippen LogP contribution is -2.47. The van der Waals surface area contributed by atoms with E-state index < -0.39 is 0 Å². The maximum atomic E-state index is 6.67. The summed E-state index contributed by atoms with van der Waals surface area (Å²) in [5, 5.41) is 4.71. The van der Waals surface area contributed by atoms with Crippen molar-refractivity contribution in [1.29, 1.82) is 0 Å². The van der Waals surface area contributed by atoms with Crippen LogP contribution >= 0.6 is 0 Å². The maximum absolute atomic E-state index is 6.67. The van der Waals surface area contributed by atoms with Gasteiger partial charge in [0.1, 0.15) is 0 Å². The largest absolute Gasteiger partial charge is 0.324 e. The molecule has 1 heterocycles. The summed E-state index contributed by atoms with van der Waals surface area (Å²) in [5.41, 5.74) is 10.5. The summed E-state index contributed by atoms with van der Waals surface area (Å²) < 4.78 is 2.06. The van der Waals surface area contributed by atoms with Gasteiger partial charge in [-0.3, -0.25) is 4.68 Å². The van der Waals surface area contributed by atoms with Crippen molar-refractivity contribution in [2.24, 2.45) is 5.73 Å². The van der Waals surface area contributed by atoms with Gasteiger partial charge >= 0.3 is 0 Å². The van der Waals surface area contributed by atoms with Crippen LogP contribution in [0.1, 0.15) is 49.6 Å². The van der Waals surface area contributed by atoms with Crippen molar-refractivity contribution in [2.45, 2.75) is 57.5 Å². The van der Waals surface area contributed by atoms with Crippen LogP contribution in [-0.2, 0) is 19.3 Å². The quantitative estimate of drug-likeness (QED) is 0.935. The number of hydrogen-bond donors (Lipinski definition) is 1. The van der Waals surface area contributed by atoms with Crippen molar-refractivity contribution >= 4 is 0 Å². The molecule has 0 radical (unpaired) electrons. The van der Waals surface area contributed by atoms with Crippen LogP contribution < -0.4 is 5.73 Å². The standard InChI is InChI=1S/C18H25N3/c1-3-14(2)21-11-9-17(20-21)13-18(19)10-8-15-6-4-5-7-16(15)12-18/h4-7,9,11,14H,3,8,10,12-13,19H2,1-2H3. The van der Waals surface area contributed by atoms with Gasteiger partial charge in [0, 0.05) is 24.2 Å². The van der Waals surface area contributed by atoms with Crippen LogP contribution in [0.3, 0.4) is 0 Å². The van der Waals surface area contributed by atoms with E-state index in [0.717, 1.165) is 37.8 Å². The highest BCUT2D eigenvalue weighted by Gasteiger charge is 2.31. The third-order valence-electron chi connectivity index (χ3n) is 4.79. The zero-order valence-corrected chi connectivity index (χ0v) is 13.0. The minimum atomic E-state index is -0.150. The normalized spacial score (nSPS) is 22.8. The number of aryl methyl sites for hydroxylation is 1. The zero-order chi connectivity index (χ0) is 14.9. The molecule has 1 aliphatic carbocycles. The monoisotopic (exact) mass is 283 g/mol. The van der Waals surface area contributed by atoms with Gasteiger partial charge in [-0.25, -0.2) is 0 Å². The first kappa shape index (κ1) is 14.3. The summed E-state index contributed by atoms with van der Waals surface area (Å²) >= 11 is 0. The number of nitrogens with two attached hydrogens (primary N) is 1. The number of benzene rings is 1. The molecule has 3 heteroatoms. The fraction of sp³-hybridized carbons (Fsp3) is 0.500.